The van der Waals surface area contributed by atoms with Crippen molar-refractivity contribution in [2.45, 2.75) is 316 Å². The van der Waals surface area contributed by atoms with Crippen LogP contribution in [0.2, 0.25) is 0 Å². The number of carbonyl (C=O) groups excluding carboxylic acids is 3. The summed E-state index contributed by atoms with van der Waals surface area (Å²) in [6, 6.07) is 0. The first kappa shape index (κ1) is 74.1. The first-order valence-corrected chi connectivity index (χ1v) is 32.9. The second kappa shape index (κ2) is 65.6. The lowest BCUT2D eigenvalue weighted by molar-refractivity contribution is -0.167. The Morgan fingerprint density at radius 2 is 0.500 bits per heavy atom. The zero-order valence-corrected chi connectivity index (χ0v) is 51.2. The minimum atomic E-state index is -0.800. The van der Waals surface area contributed by atoms with E-state index in [-0.39, 0.29) is 31.1 Å². The van der Waals surface area contributed by atoms with Crippen LogP contribution in [0.25, 0.3) is 0 Å². The topological polar surface area (TPSA) is 78.9 Å². The second-order valence-corrected chi connectivity index (χ2v) is 21.6. The highest BCUT2D eigenvalue weighted by atomic mass is 16.6. The number of hydrogen-bond donors (Lipinski definition) is 0. The van der Waals surface area contributed by atoms with Crippen molar-refractivity contribution in [2.75, 3.05) is 13.2 Å². The number of hydrogen-bond acceptors (Lipinski definition) is 6. The van der Waals surface area contributed by atoms with E-state index in [1.807, 2.05) is 0 Å². The van der Waals surface area contributed by atoms with Crippen LogP contribution in [0, 0.1) is 0 Å². The Hall–Kier alpha value is -3.93. The summed E-state index contributed by atoms with van der Waals surface area (Å²) in [5.74, 6) is -0.930. The maximum absolute atomic E-state index is 12.9. The van der Waals surface area contributed by atoms with E-state index in [9.17, 15) is 14.4 Å². The smallest absolute Gasteiger partial charge is 0.306 e. The van der Waals surface area contributed by atoms with Crippen LogP contribution in [0.4, 0.5) is 0 Å². The van der Waals surface area contributed by atoms with Crippen molar-refractivity contribution >= 4 is 17.9 Å². The summed E-state index contributed by atoms with van der Waals surface area (Å²) >= 11 is 0. The van der Waals surface area contributed by atoms with Gasteiger partial charge in [-0.2, -0.15) is 0 Å². The number of esters is 3. The molecule has 1 atom stereocenters. The van der Waals surface area contributed by atoms with Crippen LogP contribution in [0.15, 0.2) is 109 Å². The van der Waals surface area contributed by atoms with Crippen molar-refractivity contribution in [3.05, 3.63) is 109 Å². The van der Waals surface area contributed by atoms with Crippen LogP contribution in [0.3, 0.4) is 0 Å². The van der Waals surface area contributed by atoms with Crippen molar-refractivity contribution in [1.29, 1.82) is 0 Å². The van der Waals surface area contributed by atoms with Gasteiger partial charge in [0.25, 0.3) is 0 Å². The molecule has 0 aromatic heterocycles. The molecule has 1 unspecified atom stereocenters. The van der Waals surface area contributed by atoms with E-state index in [0.717, 1.165) is 135 Å². The molecular formula is C72H122O6. The third-order valence-corrected chi connectivity index (χ3v) is 14.0. The molecule has 6 heteroatoms. The van der Waals surface area contributed by atoms with Gasteiger partial charge in [-0.3, -0.25) is 14.4 Å². The van der Waals surface area contributed by atoms with E-state index in [4.69, 9.17) is 14.2 Å². The lowest BCUT2D eigenvalue weighted by Crippen LogP contribution is -2.30. The number of rotatable bonds is 59. The fourth-order valence-electron chi connectivity index (χ4n) is 9.10. The molecule has 446 valence electrons. The van der Waals surface area contributed by atoms with Crippen LogP contribution < -0.4 is 0 Å². The molecular weight excluding hydrogens is 961 g/mol. The maximum atomic E-state index is 12.9. The minimum Gasteiger partial charge on any atom is -0.462 e. The molecule has 0 saturated heterocycles. The van der Waals surface area contributed by atoms with Gasteiger partial charge in [0.15, 0.2) is 6.10 Å². The van der Waals surface area contributed by atoms with E-state index in [2.05, 4.69) is 130 Å². The van der Waals surface area contributed by atoms with Crippen molar-refractivity contribution in [3.63, 3.8) is 0 Å². The Morgan fingerprint density at radius 3 is 0.821 bits per heavy atom. The van der Waals surface area contributed by atoms with Gasteiger partial charge < -0.3 is 14.2 Å². The first-order valence-electron chi connectivity index (χ1n) is 32.9. The highest BCUT2D eigenvalue weighted by Crippen LogP contribution is 2.17. The van der Waals surface area contributed by atoms with Gasteiger partial charge in [0.2, 0.25) is 0 Å². The summed E-state index contributed by atoms with van der Waals surface area (Å²) in [7, 11) is 0. The molecule has 0 aliphatic heterocycles. The van der Waals surface area contributed by atoms with Crippen molar-refractivity contribution in [3.8, 4) is 0 Å². The molecule has 0 fully saturated rings. The van der Waals surface area contributed by atoms with Crippen molar-refractivity contribution < 1.29 is 28.6 Å². The number of allylic oxidation sites excluding steroid dienone is 18. The van der Waals surface area contributed by atoms with Gasteiger partial charge in [0.05, 0.1) is 0 Å². The lowest BCUT2D eigenvalue weighted by Gasteiger charge is -2.18. The molecule has 0 spiro atoms. The second-order valence-electron chi connectivity index (χ2n) is 21.6. The van der Waals surface area contributed by atoms with Gasteiger partial charge in [-0.05, 0) is 109 Å². The molecule has 0 rings (SSSR count). The molecule has 0 radical (unpaired) electrons. The zero-order valence-electron chi connectivity index (χ0n) is 51.2. The highest BCUT2D eigenvalue weighted by Gasteiger charge is 2.19. The van der Waals surface area contributed by atoms with E-state index >= 15 is 0 Å². The normalized spacial score (nSPS) is 12.8. The predicted octanol–water partition coefficient (Wildman–Crippen LogP) is 22.6. The van der Waals surface area contributed by atoms with Crippen molar-refractivity contribution in [2.24, 2.45) is 0 Å². The molecule has 0 aliphatic rings. The maximum Gasteiger partial charge on any atom is 0.306 e. The van der Waals surface area contributed by atoms with Gasteiger partial charge in [0.1, 0.15) is 13.2 Å². The molecule has 78 heavy (non-hydrogen) atoms. The van der Waals surface area contributed by atoms with Crippen LogP contribution in [-0.4, -0.2) is 37.2 Å². The molecule has 0 aliphatic carbocycles. The van der Waals surface area contributed by atoms with Crippen LogP contribution in [0.5, 0.6) is 0 Å². The predicted molar refractivity (Wildman–Crippen MR) is 339 cm³/mol. The summed E-state index contributed by atoms with van der Waals surface area (Å²) in [5.41, 5.74) is 0. The molecule has 0 heterocycles. The molecule has 0 aromatic rings. The van der Waals surface area contributed by atoms with E-state index in [1.54, 1.807) is 0 Å². The quantitative estimate of drug-likeness (QED) is 0.0261. The molecule has 0 amide bonds. The third-order valence-electron chi connectivity index (χ3n) is 14.0. The Morgan fingerprint density at radius 1 is 0.269 bits per heavy atom. The van der Waals surface area contributed by atoms with Crippen LogP contribution in [-0.2, 0) is 28.6 Å². The van der Waals surface area contributed by atoms with Crippen molar-refractivity contribution in [1.82, 2.24) is 0 Å². The SMILES string of the molecule is CC/C=C\C/C=C\C/C=C\C/C=C\C/C=C\C/C=C\C/C=C\CCCCCC(=O)OCC(COC(=O)CCCCCCC/C=C\C/C=C\CCCCC)OC(=O)CCCCCCCCCCCCCCCCCCCCCC. The van der Waals surface area contributed by atoms with Gasteiger partial charge in [-0.25, -0.2) is 0 Å². The van der Waals surface area contributed by atoms with E-state index < -0.39 is 6.10 Å². The number of carbonyl (C=O) groups is 3. The molecule has 0 aromatic carbocycles. The monoisotopic (exact) mass is 1080 g/mol. The molecule has 0 saturated carbocycles. The Balaban J connectivity index is 4.43. The Bertz CT molecular complexity index is 1570. The van der Waals surface area contributed by atoms with Gasteiger partial charge in [-0.1, -0.05) is 291 Å². The summed E-state index contributed by atoms with van der Waals surface area (Å²) in [4.78, 5) is 38.4. The molecule has 0 N–H and O–H groups in total. The van der Waals surface area contributed by atoms with Crippen LogP contribution >= 0.6 is 0 Å². The van der Waals surface area contributed by atoms with Gasteiger partial charge >= 0.3 is 17.9 Å². The summed E-state index contributed by atoms with van der Waals surface area (Å²) in [6.45, 7) is 6.49. The van der Waals surface area contributed by atoms with Gasteiger partial charge in [-0.15, -0.1) is 0 Å². The third kappa shape index (κ3) is 62.9. The largest absolute Gasteiger partial charge is 0.462 e. The average Bonchev–Trinajstić information content (AvgIpc) is 3.44. The summed E-state index contributed by atoms with van der Waals surface area (Å²) in [5, 5.41) is 0. The van der Waals surface area contributed by atoms with Gasteiger partial charge in [0, 0.05) is 19.3 Å². The minimum absolute atomic E-state index is 0.0950. The van der Waals surface area contributed by atoms with Crippen LogP contribution in [0.1, 0.15) is 310 Å². The fraction of sp³-hybridized carbons (Fsp3) is 0.708. The van der Waals surface area contributed by atoms with E-state index in [1.165, 1.54) is 135 Å². The first-order chi connectivity index (χ1) is 38.5. The standard InChI is InChI=1S/C72H122O6/c1-4-7-10-13-16-19-22-25-28-30-32-34-35-36-37-38-40-41-44-47-50-53-56-59-62-65-71(74)77-68-69(67-76-70(73)64-61-58-55-52-49-46-43-27-24-21-18-15-12-9-6-3)78-72(75)66-63-60-57-54-51-48-45-42-39-33-31-29-26-23-20-17-14-11-8-5-2/h7,10,16,18-19,21,25,27-28,32,34,36-37,40-41,43,47,50,69H,4-6,8-9,11-15,17,20,22-24,26,29-31,33,35,38-39,42,44-46,48-49,51-68H2,1-3H3/b10-7-,19-16-,21-18-,28-25-,34-32-,37-36-,41-40-,43-27-,50-47-. The lowest BCUT2D eigenvalue weighted by atomic mass is 10.0. The van der Waals surface area contributed by atoms with E-state index in [0.29, 0.717) is 19.3 Å². The number of unbranched alkanes of at least 4 members (excludes halogenated alkanes) is 30. The molecule has 0 bridgehead atoms. The molecule has 6 nitrogen and oxygen atoms in total. The summed E-state index contributed by atoms with van der Waals surface area (Å²) < 4.78 is 16.9. The summed E-state index contributed by atoms with van der Waals surface area (Å²) in [6.07, 6.45) is 89.5. The highest BCUT2D eigenvalue weighted by molar-refractivity contribution is 5.71. The Kier molecular flexibility index (Phi) is 62.3. The zero-order chi connectivity index (χ0) is 56.4. The number of ether oxygens (including phenoxy) is 3. The fourth-order valence-corrected chi connectivity index (χ4v) is 9.10. The average molecular weight is 1080 g/mol. The Labute approximate surface area is 482 Å².